The maximum Gasteiger partial charge on any atom is 0.183 e. The van der Waals surface area contributed by atoms with E-state index in [9.17, 15) is 4.79 Å². The van der Waals surface area contributed by atoms with Gasteiger partial charge in [0.15, 0.2) is 5.78 Å². The summed E-state index contributed by atoms with van der Waals surface area (Å²) < 4.78 is 5.40. The maximum atomic E-state index is 11.8. The van der Waals surface area contributed by atoms with E-state index in [1.165, 1.54) is 6.26 Å². The number of fused-ring (bicyclic) bond motifs is 1. The number of nitrogens with zero attached hydrogens (tertiary/aromatic N) is 1. The highest BCUT2D eigenvalue weighted by atomic mass is 16.5. The van der Waals surface area contributed by atoms with Crippen molar-refractivity contribution in [2.45, 2.75) is 32.3 Å². The standard InChI is InChI=1S/C11H13NO2/c1-7-2-3-10-9(4-7)11(13)8(5-12)6-14-10/h6-7,9-10H,2-4H2,1H3. The molecule has 1 heterocycles. The van der Waals surface area contributed by atoms with Gasteiger partial charge >= 0.3 is 0 Å². The Morgan fingerprint density at radius 2 is 2.36 bits per heavy atom. The van der Waals surface area contributed by atoms with E-state index in [1.54, 1.807) is 0 Å². The highest BCUT2D eigenvalue weighted by Crippen LogP contribution is 2.35. The van der Waals surface area contributed by atoms with Gasteiger partial charge in [-0.05, 0) is 25.2 Å². The molecule has 3 atom stereocenters. The van der Waals surface area contributed by atoms with E-state index >= 15 is 0 Å². The van der Waals surface area contributed by atoms with E-state index in [0.717, 1.165) is 19.3 Å². The van der Waals surface area contributed by atoms with Crippen molar-refractivity contribution in [1.29, 1.82) is 5.26 Å². The molecule has 0 N–H and O–H groups in total. The molecular weight excluding hydrogens is 178 g/mol. The lowest BCUT2D eigenvalue weighted by Crippen LogP contribution is -2.38. The summed E-state index contributed by atoms with van der Waals surface area (Å²) in [6, 6.07) is 1.89. The molecule has 0 amide bonds. The number of carbonyl (C=O) groups is 1. The van der Waals surface area contributed by atoms with Crippen LogP contribution in [0, 0.1) is 23.2 Å². The highest BCUT2D eigenvalue weighted by molar-refractivity contribution is 6.01. The lowest BCUT2D eigenvalue weighted by atomic mass is 9.76. The molecule has 74 valence electrons. The first kappa shape index (κ1) is 9.26. The third-order valence-electron chi connectivity index (χ3n) is 3.13. The number of ether oxygens (including phenoxy) is 1. The van der Waals surface area contributed by atoms with Crippen LogP contribution < -0.4 is 0 Å². The number of Topliss-reactive ketones (excluding diaryl/α,β-unsaturated/α-hetero) is 1. The number of allylic oxidation sites excluding steroid dienone is 1. The summed E-state index contributed by atoms with van der Waals surface area (Å²) >= 11 is 0. The number of ketones is 1. The van der Waals surface area contributed by atoms with Crippen molar-refractivity contribution in [2.75, 3.05) is 0 Å². The first-order valence-electron chi connectivity index (χ1n) is 5.02. The SMILES string of the molecule is CC1CCC2OC=C(C#N)C(=O)C2C1. The Bertz CT molecular complexity index is 327. The fraction of sp³-hybridized carbons (Fsp3) is 0.636. The monoisotopic (exact) mass is 191 g/mol. The Labute approximate surface area is 83.4 Å². The molecular formula is C11H13NO2. The largest absolute Gasteiger partial charge is 0.496 e. The molecule has 0 aromatic heterocycles. The lowest BCUT2D eigenvalue weighted by molar-refractivity contribution is -0.127. The van der Waals surface area contributed by atoms with Gasteiger partial charge in [0.2, 0.25) is 0 Å². The predicted octanol–water partition coefficient (Wildman–Crippen LogP) is 1.80. The third-order valence-corrected chi connectivity index (χ3v) is 3.13. The fourth-order valence-electron chi connectivity index (χ4n) is 2.29. The number of carbonyl (C=O) groups excluding carboxylic acids is 1. The topological polar surface area (TPSA) is 50.1 Å². The van der Waals surface area contributed by atoms with Crippen LogP contribution in [0.25, 0.3) is 0 Å². The smallest absolute Gasteiger partial charge is 0.183 e. The zero-order chi connectivity index (χ0) is 10.1. The molecule has 3 nitrogen and oxygen atoms in total. The Hall–Kier alpha value is -1.30. The fourth-order valence-corrected chi connectivity index (χ4v) is 2.29. The van der Waals surface area contributed by atoms with Gasteiger partial charge in [0.1, 0.15) is 24.0 Å². The third kappa shape index (κ3) is 1.41. The van der Waals surface area contributed by atoms with Gasteiger partial charge in [-0.2, -0.15) is 5.26 Å². The van der Waals surface area contributed by atoms with E-state index < -0.39 is 0 Å². The molecule has 3 unspecified atom stereocenters. The normalized spacial score (nSPS) is 36.4. The van der Waals surface area contributed by atoms with E-state index in [0.29, 0.717) is 5.92 Å². The van der Waals surface area contributed by atoms with Crippen LogP contribution in [0.4, 0.5) is 0 Å². The van der Waals surface area contributed by atoms with Gasteiger partial charge in [0.25, 0.3) is 0 Å². The van der Waals surface area contributed by atoms with E-state index in [-0.39, 0.29) is 23.4 Å². The summed E-state index contributed by atoms with van der Waals surface area (Å²) in [5.74, 6) is 0.482. The molecule has 1 saturated carbocycles. The summed E-state index contributed by atoms with van der Waals surface area (Å²) in [4.78, 5) is 11.8. The van der Waals surface area contributed by atoms with Gasteiger partial charge in [0.05, 0.1) is 5.92 Å². The minimum atomic E-state index is -0.0709. The van der Waals surface area contributed by atoms with Gasteiger partial charge in [-0.15, -0.1) is 0 Å². The zero-order valence-electron chi connectivity index (χ0n) is 8.19. The molecule has 1 fully saturated rings. The lowest BCUT2D eigenvalue weighted by Gasteiger charge is -2.35. The Balaban J connectivity index is 2.21. The highest BCUT2D eigenvalue weighted by Gasteiger charge is 2.38. The molecule has 0 radical (unpaired) electrons. The molecule has 0 bridgehead atoms. The molecule has 0 spiro atoms. The van der Waals surface area contributed by atoms with Gasteiger partial charge in [0, 0.05) is 0 Å². The van der Waals surface area contributed by atoms with Crippen molar-refractivity contribution in [2.24, 2.45) is 11.8 Å². The second kappa shape index (κ2) is 3.45. The van der Waals surface area contributed by atoms with Crippen molar-refractivity contribution in [3.63, 3.8) is 0 Å². The molecule has 1 aliphatic carbocycles. The van der Waals surface area contributed by atoms with Crippen LogP contribution in [0.1, 0.15) is 26.2 Å². The molecule has 0 saturated heterocycles. The number of hydrogen-bond acceptors (Lipinski definition) is 3. The second-order valence-corrected chi connectivity index (χ2v) is 4.21. The van der Waals surface area contributed by atoms with E-state index in [1.807, 2.05) is 6.07 Å². The first-order chi connectivity index (χ1) is 6.72. The van der Waals surface area contributed by atoms with Crippen molar-refractivity contribution in [3.8, 4) is 6.07 Å². The van der Waals surface area contributed by atoms with Crippen LogP contribution in [-0.2, 0) is 9.53 Å². The molecule has 0 aromatic carbocycles. The predicted molar refractivity (Wildman–Crippen MR) is 50.1 cm³/mol. The second-order valence-electron chi connectivity index (χ2n) is 4.21. The quantitative estimate of drug-likeness (QED) is 0.586. The van der Waals surface area contributed by atoms with Crippen LogP contribution >= 0.6 is 0 Å². The summed E-state index contributed by atoms with van der Waals surface area (Å²) in [5.41, 5.74) is 0.181. The number of rotatable bonds is 0. The average molecular weight is 191 g/mol. The summed E-state index contributed by atoms with van der Waals surface area (Å²) in [6.45, 7) is 2.15. The molecule has 1 aliphatic heterocycles. The van der Waals surface area contributed by atoms with Crippen molar-refractivity contribution in [3.05, 3.63) is 11.8 Å². The van der Waals surface area contributed by atoms with Crippen LogP contribution in [-0.4, -0.2) is 11.9 Å². The average Bonchev–Trinajstić information content (AvgIpc) is 2.20. The van der Waals surface area contributed by atoms with Gasteiger partial charge in [-0.1, -0.05) is 6.92 Å². The van der Waals surface area contributed by atoms with Crippen LogP contribution in [0.3, 0.4) is 0 Å². The van der Waals surface area contributed by atoms with Crippen molar-refractivity contribution >= 4 is 5.78 Å². The molecule has 2 rings (SSSR count). The van der Waals surface area contributed by atoms with Gasteiger partial charge in [-0.25, -0.2) is 0 Å². The van der Waals surface area contributed by atoms with Crippen molar-refractivity contribution in [1.82, 2.24) is 0 Å². The van der Waals surface area contributed by atoms with Crippen LogP contribution in [0.15, 0.2) is 11.8 Å². The molecule has 0 aromatic rings. The van der Waals surface area contributed by atoms with E-state index in [4.69, 9.17) is 10.00 Å². The van der Waals surface area contributed by atoms with Crippen molar-refractivity contribution < 1.29 is 9.53 Å². The summed E-state index contributed by atoms with van der Waals surface area (Å²) in [7, 11) is 0. The molecule has 3 heteroatoms. The Kier molecular flexibility index (Phi) is 2.28. The minimum Gasteiger partial charge on any atom is -0.496 e. The van der Waals surface area contributed by atoms with Crippen LogP contribution in [0.2, 0.25) is 0 Å². The summed E-state index contributed by atoms with van der Waals surface area (Å²) in [6.07, 6.45) is 4.27. The number of nitriles is 1. The van der Waals surface area contributed by atoms with Crippen LogP contribution in [0.5, 0.6) is 0 Å². The minimum absolute atomic E-state index is 0.0182. The Morgan fingerprint density at radius 1 is 1.57 bits per heavy atom. The summed E-state index contributed by atoms with van der Waals surface area (Å²) in [5, 5.41) is 8.70. The zero-order valence-corrected chi connectivity index (χ0v) is 8.19. The first-order valence-corrected chi connectivity index (χ1v) is 5.02. The van der Waals surface area contributed by atoms with Gasteiger partial charge in [-0.3, -0.25) is 4.79 Å². The Morgan fingerprint density at radius 3 is 3.07 bits per heavy atom. The number of hydrogen-bond donors (Lipinski definition) is 0. The molecule has 2 aliphatic rings. The van der Waals surface area contributed by atoms with Gasteiger partial charge < -0.3 is 4.74 Å². The maximum absolute atomic E-state index is 11.8. The van der Waals surface area contributed by atoms with E-state index in [2.05, 4.69) is 6.92 Å². The molecule has 14 heavy (non-hydrogen) atoms.